The van der Waals surface area contributed by atoms with E-state index in [1.54, 1.807) is 24.3 Å². The molecular weight excluding hydrogens is 306 g/mol. The van der Waals surface area contributed by atoms with Crippen LogP contribution in [-0.2, 0) is 26.5 Å². The fourth-order valence-corrected chi connectivity index (χ4v) is 3.27. The Bertz CT molecular complexity index is 774. The van der Waals surface area contributed by atoms with Gasteiger partial charge < -0.3 is 14.7 Å². The second-order valence-electron chi connectivity index (χ2n) is 5.89. The molecule has 1 N–H and O–H groups in total. The van der Waals surface area contributed by atoms with Gasteiger partial charge in [0.05, 0.1) is 12.2 Å². The zero-order valence-corrected chi connectivity index (χ0v) is 13.6. The van der Waals surface area contributed by atoms with E-state index < -0.39 is 23.4 Å². The lowest BCUT2D eigenvalue weighted by atomic mass is 9.87. The van der Waals surface area contributed by atoms with Gasteiger partial charge in [-0.2, -0.15) is 0 Å². The van der Waals surface area contributed by atoms with Crippen molar-refractivity contribution in [3.63, 3.8) is 0 Å². The molecule has 2 aromatic rings. The number of carbonyl (C=O) groups is 2. The molecule has 1 aliphatic heterocycles. The number of hydrogen-bond donors (Lipinski definition) is 1. The van der Waals surface area contributed by atoms with E-state index in [1.165, 1.54) is 18.9 Å². The van der Waals surface area contributed by atoms with Crippen LogP contribution in [0.3, 0.4) is 0 Å². The van der Waals surface area contributed by atoms with Crippen molar-refractivity contribution < 1.29 is 19.4 Å². The van der Waals surface area contributed by atoms with Crippen LogP contribution >= 0.6 is 0 Å². The standard InChI is InChI=1S/C19H19NO4/c1-13(21)17(24-2)19(23)15-10-6-7-11-16(15)20(18(19)22)12-14-8-4-3-5-9-14/h3-11,17,23H,12H2,1-2H3/t17?,19-/m1/s1. The molecule has 5 nitrogen and oxygen atoms in total. The van der Waals surface area contributed by atoms with E-state index in [9.17, 15) is 14.7 Å². The van der Waals surface area contributed by atoms with Crippen molar-refractivity contribution in [2.45, 2.75) is 25.2 Å². The third-order valence-corrected chi connectivity index (χ3v) is 4.34. The molecule has 0 saturated heterocycles. The highest BCUT2D eigenvalue weighted by Gasteiger charge is 2.56. The highest BCUT2D eigenvalue weighted by Crippen LogP contribution is 2.43. The fourth-order valence-electron chi connectivity index (χ4n) is 3.27. The second-order valence-corrected chi connectivity index (χ2v) is 5.89. The van der Waals surface area contributed by atoms with Gasteiger partial charge in [0.25, 0.3) is 5.91 Å². The van der Waals surface area contributed by atoms with Crippen LogP contribution in [0.25, 0.3) is 0 Å². The Morgan fingerprint density at radius 2 is 1.79 bits per heavy atom. The number of fused-ring (bicyclic) bond motifs is 1. The summed E-state index contributed by atoms with van der Waals surface area (Å²) in [6.45, 7) is 1.62. The normalized spacial score (nSPS) is 20.8. The van der Waals surface area contributed by atoms with Crippen LogP contribution < -0.4 is 4.90 Å². The predicted octanol–water partition coefficient (Wildman–Crippen LogP) is 2.02. The highest BCUT2D eigenvalue weighted by atomic mass is 16.5. The molecule has 0 spiro atoms. The first-order valence-electron chi connectivity index (χ1n) is 7.71. The first-order chi connectivity index (χ1) is 11.5. The van der Waals surface area contributed by atoms with E-state index in [0.717, 1.165) is 5.56 Å². The third kappa shape index (κ3) is 2.42. The zero-order valence-electron chi connectivity index (χ0n) is 13.6. The lowest BCUT2D eigenvalue weighted by molar-refractivity contribution is -0.161. The van der Waals surface area contributed by atoms with Gasteiger partial charge in [0.15, 0.2) is 11.9 Å². The quantitative estimate of drug-likeness (QED) is 0.913. The molecule has 1 aliphatic rings. The van der Waals surface area contributed by atoms with Crippen molar-refractivity contribution in [1.29, 1.82) is 0 Å². The lowest BCUT2D eigenvalue weighted by Gasteiger charge is -2.29. The summed E-state index contributed by atoms with van der Waals surface area (Å²) in [6.07, 6.45) is -1.24. The summed E-state index contributed by atoms with van der Waals surface area (Å²) < 4.78 is 5.18. The number of rotatable bonds is 5. The van der Waals surface area contributed by atoms with Crippen molar-refractivity contribution in [1.82, 2.24) is 0 Å². The molecule has 1 amide bonds. The van der Waals surface area contributed by atoms with Crippen molar-refractivity contribution in [3.8, 4) is 0 Å². The average Bonchev–Trinajstić information content (AvgIpc) is 2.79. The molecular formula is C19H19NO4. The number of amides is 1. The molecule has 0 bridgehead atoms. The molecule has 0 aliphatic carbocycles. The third-order valence-electron chi connectivity index (χ3n) is 4.34. The Kier molecular flexibility index (Phi) is 4.22. The molecule has 0 aromatic heterocycles. The number of methoxy groups -OCH3 is 1. The maximum Gasteiger partial charge on any atom is 0.267 e. The zero-order chi connectivity index (χ0) is 17.3. The first-order valence-corrected chi connectivity index (χ1v) is 7.71. The predicted molar refractivity (Wildman–Crippen MR) is 89.4 cm³/mol. The maximum atomic E-state index is 13.0. The summed E-state index contributed by atoms with van der Waals surface area (Å²) >= 11 is 0. The maximum absolute atomic E-state index is 13.0. The highest BCUT2D eigenvalue weighted by molar-refractivity contribution is 6.10. The van der Waals surface area contributed by atoms with Gasteiger partial charge in [-0.15, -0.1) is 0 Å². The molecule has 0 radical (unpaired) electrons. The van der Waals surface area contributed by atoms with E-state index >= 15 is 0 Å². The first kappa shape index (κ1) is 16.4. The Labute approximate surface area is 140 Å². The summed E-state index contributed by atoms with van der Waals surface area (Å²) in [6, 6.07) is 16.5. The molecule has 0 saturated carbocycles. The van der Waals surface area contributed by atoms with E-state index in [-0.39, 0.29) is 0 Å². The van der Waals surface area contributed by atoms with Gasteiger partial charge in [-0.3, -0.25) is 9.59 Å². The molecule has 2 aromatic carbocycles. The number of para-hydroxylation sites is 1. The number of aliphatic hydroxyl groups is 1. The van der Waals surface area contributed by atoms with Gasteiger partial charge in [0.1, 0.15) is 0 Å². The van der Waals surface area contributed by atoms with Crippen LogP contribution in [0.15, 0.2) is 54.6 Å². The fraction of sp³-hybridized carbons (Fsp3) is 0.263. The number of ketones is 1. The summed E-state index contributed by atoms with van der Waals surface area (Å²) in [5, 5.41) is 11.2. The van der Waals surface area contributed by atoms with Gasteiger partial charge in [0.2, 0.25) is 5.60 Å². The van der Waals surface area contributed by atoms with Crippen LogP contribution in [0.2, 0.25) is 0 Å². The van der Waals surface area contributed by atoms with Crippen molar-refractivity contribution in [2.75, 3.05) is 12.0 Å². The lowest BCUT2D eigenvalue weighted by Crippen LogP contribution is -2.52. The Balaban J connectivity index is 2.08. The smallest absolute Gasteiger partial charge is 0.267 e. The summed E-state index contributed by atoms with van der Waals surface area (Å²) in [5.74, 6) is -0.945. The minimum Gasteiger partial charge on any atom is -0.373 e. The van der Waals surface area contributed by atoms with Crippen LogP contribution in [0.4, 0.5) is 5.69 Å². The number of carbonyl (C=O) groups excluding carboxylic acids is 2. The molecule has 124 valence electrons. The number of hydrogen-bond acceptors (Lipinski definition) is 4. The number of benzene rings is 2. The SMILES string of the molecule is COC(C(C)=O)[C@@]1(O)C(=O)N(Cc2ccccc2)c2ccccc21. The largest absolute Gasteiger partial charge is 0.373 e. The molecule has 3 rings (SSSR count). The number of nitrogens with zero attached hydrogens (tertiary/aromatic N) is 1. The monoisotopic (exact) mass is 325 g/mol. The summed E-state index contributed by atoms with van der Waals surface area (Å²) in [5.41, 5.74) is -0.0850. The van der Waals surface area contributed by atoms with Crippen LogP contribution in [-0.4, -0.2) is 30.0 Å². The molecule has 0 fully saturated rings. The number of anilines is 1. The van der Waals surface area contributed by atoms with E-state index in [0.29, 0.717) is 17.8 Å². The topological polar surface area (TPSA) is 66.8 Å². The van der Waals surface area contributed by atoms with Crippen LogP contribution in [0.5, 0.6) is 0 Å². The van der Waals surface area contributed by atoms with Crippen LogP contribution in [0, 0.1) is 0 Å². The van der Waals surface area contributed by atoms with Gasteiger partial charge in [-0.1, -0.05) is 48.5 Å². The van der Waals surface area contributed by atoms with Gasteiger partial charge in [-0.25, -0.2) is 0 Å². The van der Waals surface area contributed by atoms with E-state index in [1.807, 2.05) is 30.3 Å². The minimum atomic E-state index is -2.01. The number of ether oxygens (including phenoxy) is 1. The van der Waals surface area contributed by atoms with Crippen LogP contribution in [0.1, 0.15) is 18.1 Å². The second kappa shape index (κ2) is 6.19. The molecule has 1 heterocycles. The minimum absolute atomic E-state index is 0.313. The Morgan fingerprint density at radius 1 is 1.17 bits per heavy atom. The number of Topliss-reactive ketones (excluding diaryl/α,β-unsaturated/α-hetero) is 1. The molecule has 1 unspecified atom stereocenters. The van der Waals surface area contributed by atoms with E-state index in [2.05, 4.69) is 0 Å². The van der Waals surface area contributed by atoms with Crippen molar-refractivity contribution in [3.05, 3.63) is 65.7 Å². The summed E-state index contributed by atoms with van der Waals surface area (Å²) in [7, 11) is 1.32. The van der Waals surface area contributed by atoms with Crippen molar-refractivity contribution in [2.24, 2.45) is 0 Å². The average molecular weight is 325 g/mol. The molecule has 5 heteroatoms. The van der Waals surface area contributed by atoms with Gasteiger partial charge >= 0.3 is 0 Å². The molecule has 24 heavy (non-hydrogen) atoms. The van der Waals surface area contributed by atoms with Crippen molar-refractivity contribution >= 4 is 17.4 Å². The Morgan fingerprint density at radius 3 is 2.42 bits per heavy atom. The van der Waals surface area contributed by atoms with Gasteiger partial charge in [-0.05, 0) is 18.6 Å². The van der Waals surface area contributed by atoms with E-state index in [4.69, 9.17) is 4.74 Å². The Hall–Kier alpha value is -2.50. The summed E-state index contributed by atoms with van der Waals surface area (Å²) in [4.78, 5) is 26.5. The van der Waals surface area contributed by atoms with Gasteiger partial charge in [0, 0.05) is 12.7 Å². The molecule has 2 atom stereocenters.